The number of sulfonamides is 1. The second-order valence-electron chi connectivity index (χ2n) is 4.96. The summed E-state index contributed by atoms with van der Waals surface area (Å²) in [5.41, 5.74) is 0.649. The third-order valence-corrected chi connectivity index (χ3v) is 3.72. The van der Waals surface area contributed by atoms with Gasteiger partial charge in [0, 0.05) is 18.3 Å². The second-order valence-corrected chi connectivity index (χ2v) is 6.71. The van der Waals surface area contributed by atoms with Crippen LogP contribution in [0.15, 0.2) is 18.2 Å². The molecule has 0 unspecified atom stereocenters. The maximum Gasteiger partial charge on any atom is 0.229 e. The van der Waals surface area contributed by atoms with E-state index >= 15 is 0 Å². The lowest BCUT2D eigenvalue weighted by Gasteiger charge is -2.36. The molecule has 2 rings (SSSR count). The van der Waals surface area contributed by atoms with Crippen LogP contribution in [0.5, 0.6) is 0 Å². The van der Waals surface area contributed by atoms with E-state index in [1.807, 2.05) is 6.92 Å². The van der Waals surface area contributed by atoms with Crippen molar-refractivity contribution in [3.63, 3.8) is 0 Å². The smallest absolute Gasteiger partial charge is 0.229 e. The molecule has 5 nitrogen and oxygen atoms in total. The molecule has 0 amide bonds. The van der Waals surface area contributed by atoms with Gasteiger partial charge in [0.25, 0.3) is 0 Å². The molecule has 0 saturated heterocycles. The molecule has 2 N–H and O–H groups in total. The Bertz CT molecular complexity index is 571. The lowest BCUT2D eigenvalue weighted by molar-refractivity contribution is 0.00299. The minimum absolute atomic E-state index is 0.0434. The zero-order valence-corrected chi connectivity index (χ0v) is 12.3. The van der Waals surface area contributed by atoms with E-state index in [4.69, 9.17) is 4.74 Å². The molecule has 7 heteroatoms. The SMILES string of the molecule is CCOC1CC(Nc2ccc(F)c(NS(C)(=O)=O)c2)C1. The predicted octanol–water partition coefficient (Wildman–Crippen LogP) is 2.18. The molecule has 0 aromatic heterocycles. The van der Waals surface area contributed by atoms with Crippen molar-refractivity contribution in [2.45, 2.75) is 31.9 Å². The van der Waals surface area contributed by atoms with Gasteiger partial charge in [-0.25, -0.2) is 12.8 Å². The first-order valence-corrected chi connectivity index (χ1v) is 8.42. The molecule has 0 bridgehead atoms. The summed E-state index contributed by atoms with van der Waals surface area (Å²) < 4.78 is 43.5. The van der Waals surface area contributed by atoms with Crippen molar-refractivity contribution in [3.8, 4) is 0 Å². The quantitative estimate of drug-likeness (QED) is 0.845. The van der Waals surface area contributed by atoms with Crippen LogP contribution in [0.1, 0.15) is 19.8 Å². The van der Waals surface area contributed by atoms with Gasteiger partial charge in [0.1, 0.15) is 5.82 Å². The molecular formula is C13H19FN2O3S. The normalized spacial score (nSPS) is 22.1. The van der Waals surface area contributed by atoms with E-state index in [9.17, 15) is 12.8 Å². The summed E-state index contributed by atoms with van der Waals surface area (Å²) in [7, 11) is -3.49. The molecule has 0 spiro atoms. The number of rotatable bonds is 6. The lowest BCUT2D eigenvalue weighted by Crippen LogP contribution is -2.40. The molecule has 1 aliphatic carbocycles. The van der Waals surface area contributed by atoms with Crippen LogP contribution in [-0.2, 0) is 14.8 Å². The standard InChI is InChI=1S/C13H19FN2O3S/c1-3-19-11-6-10(7-11)15-9-4-5-12(14)13(8-9)16-20(2,17)18/h4-5,8,10-11,15-16H,3,6-7H2,1-2H3. The molecule has 1 fully saturated rings. The van der Waals surface area contributed by atoms with Crippen molar-refractivity contribution in [2.24, 2.45) is 0 Å². The van der Waals surface area contributed by atoms with Crippen molar-refractivity contribution >= 4 is 21.4 Å². The highest BCUT2D eigenvalue weighted by atomic mass is 32.2. The van der Waals surface area contributed by atoms with Gasteiger partial charge in [-0.3, -0.25) is 4.72 Å². The molecule has 0 atom stereocenters. The van der Waals surface area contributed by atoms with Crippen molar-refractivity contribution in [3.05, 3.63) is 24.0 Å². The number of hydrogen-bond donors (Lipinski definition) is 2. The molecule has 0 radical (unpaired) electrons. The molecule has 1 aliphatic rings. The number of anilines is 2. The summed E-state index contributed by atoms with van der Waals surface area (Å²) >= 11 is 0. The van der Waals surface area contributed by atoms with Crippen LogP contribution in [0.3, 0.4) is 0 Å². The molecule has 112 valence electrons. The van der Waals surface area contributed by atoms with Crippen LogP contribution in [-0.4, -0.2) is 33.4 Å². The summed E-state index contributed by atoms with van der Waals surface area (Å²) in [6.07, 6.45) is 3.08. The first-order valence-electron chi connectivity index (χ1n) is 6.53. The van der Waals surface area contributed by atoms with Crippen LogP contribution < -0.4 is 10.0 Å². The van der Waals surface area contributed by atoms with E-state index in [1.54, 1.807) is 6.07 Å². The zero-order chi connectivity index (χ0) is 14.8. The van der Waals surface area contributed by atoms with Gasteiger partial charge in [-0.1, -0.05) is 0 Å². The Hall–Kier alpha value is -1.34. The van der Waals surface area contributed by atoms with Gasteiger partial charge in [0.15, 0.2) is 0 Å². The van der Waals surface area contributed by atoms with Crippen LogP contribution in [0, 0.1) is 5.82 Å². The first-order chi connectivity index (χ1) is 9.37. The molecule has 1 aromatic carbocycles. The number of benzene rings is 1. The van der Waals surface area contributed by atoms with Gasteiger partial charge in [-0.15, -0.1) is 0 Å². The van der Waals surface area contributed by atoms with E-state index in [0.717, 1.165) is 19.1 Å². The van der Waals surface area contributed by atoms with Gasteiger partial charge in [0.2, 0.25) is 10.0 Å². The lowest BCUT2D eigenvalue weighted by atomic mass is 9.89. The third kappa shape index (κ3) is 4.08. The Morgan fingerprint density at radius 3 is 2.70 bits per heavy atom. The Labute approximate surface area is 118 Å². The fourth-order valence-electron chi connectivity index (χ4n) is 2.18. The van der Waals surface area contributed by atoms with Crippen LogP contribution >= 0.6 is 0 Å². The van der Waals surface area contributed by atoms with Gasteiger partial charge in [-0.05, 0) is 38.0 Å². The summed E-state index contributed by atoms with van der Waals surface area (Å²) in [6.45, 7) is 2.67. The van der Waals surface area contributed by atoms with Gasteiger partial charge in [0.05, 0.1) is 18.0 Å². The third-order valence-electron chi connectivity index (χ3n) is 3.13. The van der Waals surface area contributed by atoms with Gasteiger partial charge < -0.3 is 10.1 Å². The highest BCUT2D eigenvalue weighted by molar-refractivity contribution is 7.92. The van der Waals surface area contributed by atoms with Crippen molar-refractivity contribution in [1.82, 2.24) is 0 Å². The van der Waals surface area contributed by atoms with E-state index in [0.29, 0.717) is 12.3 Å². The molecule has 20 heavy (non-hydrogen) atoms. The Kier molecular flexibility index (Phi) is 4.49. The van der Waals surface area contributed by atoms with Crippen LogP contribution in [0.4, 0.5) is 15.8 Å². The molecule has 1 aromatic rings. The van der Waals surface area contributed by atoms with E-state index < -0.39 is 15.8 Å². The summed E-state index contributed by atoms with van der Waals surface area (Å²) in [6, 6.07) is 4.58. The van der Waals surface area contributed by atoms with Crippen LogP contribution in [0.25, 0.3) is 0 Å². The van der Waals surface area contributed by atoms with Crippen LogP contribution in [0.2, 0.25) is 0 Å². The molecule has 0 heterocycles. The van der Waals surface area contributed by atoms with Crippen molar-refractivity contribution in [1.29, 1.82) is 0 Å². The fourth-order valence-corrected chi connectivity index (χ4v) is 2.74. The number of halogens is 1. The molecular weight excluding hydrogens is 283 g/mol. The minimum Gasteiger partial charge on any atom is -0.382 e. The van der Waals surface area contributed by atoms with Gasteiger partial charge in [-0.2, -0.15) is 0 Å². The molecule has 1 saturated carbocycles. The number of hydrogen-bond acceptors (Lipinski definition) is 4. The minimum atomic E-state index is -3.49. The van der Waals surface area contributed by atoms with Crippen molar-refractivity contribution in [2.75, 3.05) is 22.9 Å². The second kappa shape index (κ2) is 5.97. The summed E-state index contributed by atoms with van der Waals surface area (Å²) in [5.74, 6) is -0.596. The summed E-state index contributed by atoms with van der Waals surface area (Å²) in [4.78, 5) is 0. The summed E-state index contributed by atoms with van der Waals surface area (Å²) in [5, 5.41) is 3.24. The Balaban J connectivity index is 1.98. The monoisotopic (exact) mass is 302 g/mol. The highest BCUT2D eigenvalue weighted by Crippen LogP contribution is 2.28. The van der Waals surface area contributed by atoms with E-state index in [2.05, 4.69) is 10.0 Å². The number of nitrogens with one attached hydrogen (secondary N) is 2. The average molecular weight is 302 g/mol. The van der Waals surface area contributed by atoms with E-state index in [1.165, 1.54) is 12.1 Å². The van der Waals surface area contributed by atoms with Gasteiger partial charge >= 0.3 is 0 Å². The van der Waals surface area contributed by atoms with Crippen molar-refractivity contribution < 1.29 is 17.5 Å². The maximum absolute atomic E-state index is 13.5. The first kappa shape index (κ1) is 15.1. The Morgan fingerprint density at radius 2 is 2.10 bits per heavy atom. The number of ether oxygens (including phenoxy) is 1. The zero-order valence-electron chi connectivity index (χ0n) is 11.5. The topological polar surface area (TPSA) is 67.4 Å². The maximum atomic E-state index is 13.5. The fraction of sp³-hybridized carbons (Fsp3) is 0.538. The largest absolute Gasteiger partial charge is 0.382 e. The molecule has 0 aliphatic heterocycles. The highest BCUT2D eigenvalue weighted by Gasteiger charge is 2.29. The average Bonchev–Trinajstić information content (AvgIpc) is 2.29. The van der Waals surface area contributed by atoms with E-state index in [-0.39, 0.29) is 17.8 Å². The Morgan fingerprint density at radius 1 is 1.40 bits per heavy atom. The predicted molar refractivity (Wildman–Crippen MR) is 76.9 cm³/mol.